The molecule has 5 heterocycles. The smallest absolute Gasteiger partial charge is 0.220 e. The van der Waals surface area contributed by atoms with Crippen molar-refractivity contribution < 1.29 is 18.6 Å². The first-order chi connectivity index (χ1) is 16.1. The van der Waals surface area contributed by atoms with E-state index in [0.717, 1.165) is 28.8 Å². The van der Waals surface area contributed by atoms with E-state index in [1.165, 1.54) is 6.20 Å². The highest BCUT2D eigenvalue weighted by Gasteiger charge is 2.45. The number of ether oxygens (including phenoxy) is 3. The lowest BCUT2D eigenvalue weighted by Crippen LogP contribution is -2.42. The standard InChI is InChI=1S/C25H21FN4O3/c26-24-17(4-1-7-28-24)15-5-6-21-18(9-15)25(14-32-13-23(27)30-25)19-10-20(29-11-22(19)33-21)16-3-2-8-31-12-16/h1,3-7,9-11H,2,8,12-14H2,(H2,27,30)/t25-/m0/s1. The Balaban J connectivity index is 1.56. The second-order valence-corrected chi connectivity index (χ2v) is 8.25. The maximum Gasteiger partial charge on any atom is 0.220 e. The quantitative estimate of drug-likeness (QED) is 0.604. The van der Waals surface area contributed by atoms with E-state index in [4.69, 9.17) is 24.9 Å². The van der Waals surface area contributed by atoms with Crippen LogP contribution in [0.3, 0.4) is 0 Å². The minimum atomic E-state index is -0.937. The molecule has 33 heavy (non-hydrogen) atoms. The van der Waals surface area contributed by atoms with E-state index >= 15 is 0 Å². The fraction of sp³-hybridized carbons (Fsp3) is 0.240. The van der Waals surface area contributed by atoms with Crippen molar-refractivity contribution in [1.82, 2.24) is 9.97 Å². The number of aromatic nitrogens is 2. The Hall–Kier alpha value is -3.62. The van der Waals surface area contributed by atoms with Gasteiger partial charge in [-0.25, -0.2) is 4.98 Å². The van der Waals surface area contributed by atoms with E-state index in [1.54, 1.807) is 24.4 Å². The van der Waals surface area contributed by atoms with E-state index < -0.39 is 11.5 Å². The second-order valence-electron chi connectivity index (χ2n) is 8.25. The van der Waals surface area contributed by atoms with Crippen LogP contribution in [0.2, 0.25) is 0 Å². The summed E-state index contributed by atoms with van der Waals surface area (Å²) in [6.45, 7) is 1.73. The summed E-state index contributed by atoms with van der Waals surface area (Å²) in [6.07, 6.45) is 6.11. The van der Waals surface area contributed by atoms with Crippen molar-refractivity contribution in [3.8, 4) is 22.6 Å². The van der Waals surface area contributed by atoms with Gasteiger partial charge in [0.25, 0.3) is 0 Å². The molecule has 8 heteroatoms. The normalized spacial score (nSPS) is 21.5. The molecule has 0 aliphatic carbocycles. The van der Waals surface area contributed by atoms with Crippen LogP contribution in [-0.2, 0) is 15.0 Å². The summed E-state index contributed by atoms with van der Waals surface area (Å²) in [4.78, 5) is 13.3. The number of fused-ring (bicyclic) bond motifs is 4. The Morgan fingerprint density at radius 1 is 1.00 bits per heavy atom. The van der Waals surface area contributed by atoms with E-state index in [9.17, 15) is 4.39 Å². The lowest BCUT2D eigenvalue weighted by molar-refractivity contribution is 0.109. The van der Waals surface area contributed by atoms with E-state index in [0.29, 0.717) is 41.7 Å². The molecule has 0 fully saturated rings. The Morgan fingerprint density at radius 3 is 2.73 bits per heavy atom. The number of pyridine rings is 2. The summed E-state index contributed by atoms with van der Waals surface area (Å²) in [5, 5.41) is 0. The molecule has 6 rings (SSSR count). The topological polar surface area (TPSA) is 91.9 Å². The number of nitrogens with zero attached hydrogens (tertiary/aromatic N) is 3. The summed E-state index contributed by atoms with van der Waals surface area (Å²) in [7, 11) is 0. The van der Waals surface area contributed by atoms with Gasteiger partial charge in [-0.2, -0.15) is 4.39 Å². The summed E-state index contributed by atoms with van der Waals surface area (Å²) < 4.78 is 32.2. The van der Waals surface area contributed by atoms with Crippen molar-refractivity contribution in [3.05, 3.63) is 77.6 Å². The van der Waals surface area contributed by atoms with Gasteiger partial charge in [-0.15, -0.1) is 0 Å². The second kappa shape index (κ2) is 7.75. The van der Waals surface area contributed by atoms with E-state index in [1.807, 2.05) is 18.2 Å². The molecule has 2 N–H and O–H groups in total. The molecule has 0 amide bonds. The predicted octanol–water partition coefficient (Wildman–Crippen LogP) is 3.82. The molecule has 2 aromatic heterocycles. The average Bonchev–Trinajstić information content (AvgIpc) is 2.85. The molecule has 3 aromatic rings. The fourth-order valence-corrected chi connectivity index (χ4v) is 4.62. The van der Waals surface area contributed by atoms with Crippen LogP contribution in [0.15, 0.2) is 59.9 Å². The number of amidine groups is 1. The molecule has 0 saturated carbocycles. The number of nitrogens with two attached hydrogens (primary N) is 1. The van der Waals surface area contributed by atoms with Gasteiger partial charge in [0.05, 0.1) is 31.7 Å². The zero-order chi connectivity index (χ0) is 22.4. The third-order valence-corrected chi connectivity index (χ3v) is 6.16. The zero-order valence-electron chi connectivity index (χ0n) is 17.8. The molecule has 0 saturated heterocycles. The molecule has 1 atom stereocenters. The predicted molar refractivity (Wildman–Crippen MR) is 121 cm³/mol. The molecule has 1 aromatic carbocycles. The van der Waals surface area contributed by atoms with E-state index in [2.05, 4.69) is 16.0 Å². The maximum atomic E-state index is 14.5. The number of aliphatic imine (C=N–C) groups is 1. The molecular weight excluding hydrogens is 423 g/mol. The molecule has 3 aliphatic heterocycles. The number of hydrogen-bond donors (Lipinski definition) is 1. The number of benzene rings is 1. The van der Waals surface area contributed by atoms with Crippen LogP contribution in [0.4, 0.5) is 4.39 Å². The van der Waals surface area contributed by atoms with Crippen LogP contribution in [-0.4, -0.2) is 42.2 Å². The van der Waals surface area contributed by atoms with E-state index in [-0.39, 0.29) is 13.2 Å². The first-order valence-corrected chi connectivity index (χ1v) is 10.8. The molecule has 7 nitrogen and oxygen atoms in total. The lowest BCUT2D eigenvalue weighted by atomic mass is 9.79. The van der Waals surface area contributed by atoms with Gasteiger partial charge in [0, 0.05) is 22.9 Å². The Kier molecular flexibility index (Phi) is 4.70. The highest BCUT2D eigenvalue weighted by molar-refractivity contribution is 5.84. The minimum absolute atomic E-state index is 0.251. The largest absolute Gasteiger partial charge is 0.455 e. The fourth-order valence-electron chi connectivity index (χ4n) is 4.62. The first kappa shape index (κ1) is 20.0. The monoisotopic (exact) mass is 444 g/mol. The molecule has 3 aliphatic rings. The van der Waals surface area contributed by atoms with Gasteiger partial charge in [0.2, 0.25) is 5.95 Å². The van der Waals surface area contributed by atoms with Crippen LogP contribution in [0.5, 0.6) is 11.5 Å². The number of rotatable bonds is 2. The van der Waals surface area contributed by atoms with Crippen molar-refractivity contribution in [3.63, 3.8) is 0 Å². The van der Waals surface area contributed by atoms with Crippen LogP contribution >= 0.6 is 0 Å². The molecular formula is C25H21FN4O3. The highest BCUT2D eigenvalue weighted by Crippen LogP contribution is 2.51. The minimum Gasteiger partial charge on any atom is -0.455 e. The van der Waals surface area contributed by atoms with Crippen LogP contribution in [0.25, 0.3) is 16.7 Å². The average molecular weight is 444 g/mol. The SMILES string of the molecule is NC1=N[C@@]2(COC1)c1cc(-c3cccnc3F)ccc1Oc1cnc(C3=CCCOC3)cc12. The summed E-state index contributed by atoms with van der Waals surface area (Å²) in [5.41, 5.74) is 9.68. The maximum absolute atomic E-state index is 14.5. The summed E-state index contributed by atoms with van der Waals surface area (Å²) in [5.74, 6) is 1.04. The first-order valence-electron chi connectivity index (χ1n) is 10.8. The summed E-state index contributed by atoms with van der Waals surface area (Å²) >= 11 is 0. The van der Waals surface area contributed by atoms with Crippen LogP contribution < -0.4 is 10.5 Å². The van der Waals surface area contributed by atoms with Gasteiger partial charge < -0.3 is 19.9 Å². The molecule has 0 radical (unpaired) electrons. The molecule has 0 unspecified atom stereocenters. The van der Waals surface area contributed by atoms with Gasteiger partial charge >= 0.3 is 0 Å². The van der Waals surface area contributed by atoms with Gasteiger partial charge in [-0.1, -0.05) is 12.1 Å². The number of hydrogen-bond acceptors (Lipinski definition) is 7. The third-order valence-electron chi connectivity index (χ3n) is 6.16. The molecule has 0 bridgehead atoms. The van der Waals surface area contributed by atoms with Gasteiger partial charge in [0.1, 0.15) is 23.7 Å². The zero-order valence-corrected chi connectivity index (χ0v) is 17.8. The van der Waals surface area contributed by atoms with Crippen LogP contribution in [0.1, 0.15) is 23.2 Å². The lowest BCUT2D eigenvalue weighted by Gasteiger charge is -2.39. The Morgan fingerprint density at radius 2 is 1.91 bits per heavy atom. The van der Waals surface area contributed by atoms with Gasteiger partial charge in [-0.05, 0) is 47.9 Å². The van der Waals surface area contributed by atoms with Crippen molar-refractivity contribution in [2.75, 3.05) is 26.4 Å². The van der Waals surface area contributed by atoms with Gasteiger partial charge in [0.15, 0.2) is 5.75 Å². The van der Waals surface area contributed by atoms with Crippen molar-refractivity contribution in [2.45, 2.75) is 12.0 Å². The number of halogens is 1. The third kappa shape index (κ3) is 3.30. The molecule has 1 spiro atoms. The Bertz CT molecular complexity index is 1320. The van der Waals surface area contributed by atoms with Crippen molar-refractivity contribution >= 4 is 11.4 Å². The molecule has 166 valence electrons. The van der Waals surface area contributed by atoms with Crippen LogP contribution in [0, 0.1) is 5.95 Å². The summed E-state index contributed by atoms with van der Waals surface area (Å²) in [6, 6.07) is 10.9. The van der Waals surface area contributed by atoms with Crippen molar-refractivity contribution in [1.29, 1.82) is 0 Å². The van der Waals surface area contributed by atoms with Crippen molar-refractivity contribution in [2.24, 2.45) is 10.7 Å². The Labute approximate surface area is 189 Å². The highest BCUT2D eigenvalue weighted by atomic mass is 19.1. The van der Waals surface area contributed by atoms with Gasteiger partial charge in [-0.3, -0.25) is 9.98 Å².